The number of hydrogen-bond donors (Lipinski definition) is 2. The number of ether oxygens (including phenoxy) is 1. The summed E-state index contributed by atoms with van der Waals surface area (Å²) in [5, 5.41) is 3.19. The van der Waals surface area contributed by atoms with Crippen molar-refractivity contribution in [2.45, 2.75) is 59.2 Å². The Morgan fingerprint density at radius 1 is 1.15 bits per heavy atom. The number of hydrogen-bond acceptors (Lipinski definition) is 2. The zero-order chi connectivity index (χ0) is 19.6. The number of quaternary nitrogens is 1. The van der Waals surface area contributed by atoms with E-state index in [2.05, 4.69) is 50.4 Å². The maximum absolute atomic E-state index is 13.0. The van der Waals surface area contributed by atoms with Crippen molar-refractivity contribution in [2.75, 3.05) is 12.4 Å². The molecule has 2 aromatic carbocycles. The standard InChI is InChI=1S/C23H30N2O2/c1-15-12-16(2)22(17(3)13-15)24-23(26)18(4)25(20-8-9-20)14-19-6-10-21(27-5)11-7-19/h6-7,10-13,18,20H,8-9,14H2,1-5H3,(H,24,26)/p+1/t18-/m0/s1. The van der Waals surface area contributed by atoms with Gasteiger partial charge < -0.3 is 15.0 Å². The Morgan fingerprint density at radius 2 is 1.74 bits per heavy atom. The Hall–Kier alpha value is -2.33. The summed E-state index contributed by atoms with van der Waals surface area (Å²) in [6, 6.07) is 12.9. The molecule has 0 saturated heterocycles. The van der Waals surface area contributed by atoms with Gasteiger partial charge in [0.15, 0.2) is 6.04 Å². The average Bonchev–Trinajstić information content (AvgIpc) is 3.47. The molecule has 3 rings (SSSR count). The Morgan fingerprint density at radius 3 is 2.26 bits per heavy atom. The summed E-state index contributed by atoms with van der Waals surface area (Å²) >= 11 is 0. The molecule has 2 N–H and O–H groups in total. The van der Waals surface area contributed by atoms with Gasteiger partial charge in [-0.25, -0.2) is 0 Å². The van der Waals surface area contributed by atoms with Crippen molar-refractivity contribution in [1.82, 2.24) is 0 Å². The largest absolute Gasteiger partial charge is 0.497 e. The minimum Gasteiger partial charge on any atom is -0.497 e. The first kappa shape index (κ1) is 19.4. The molecule has 144 valence electrons. The van der Waals surface area contributed by atoms with E-state index in [0.29, 0.717) is 6.04 Å². The monoisotopic (exact) mass is 367 g/mol. The van der Waals surface area contributed by atoms with Crippen LogP contribution in [-0.2, 0) is 11.3 Å². The summed E-state index contributed by atoms with van der Waals surface area (Å²) in [6.45, 7) is 9.11. The molecule has 1 unspecified atom stereocenters. The lowest BCUT2D eigenvalue weighted by atomic mass is 10.0. The van der Waals surface area contributed by atoms with Crippen LogP contribution < -0.4 is 15.0 Å². The fourth-order valence-electron chi connectivity index (χ4n) is 3.86. The molecule has 0 aromatic heterocycles. The van der Waals surface area contributed by atoms with Gasteiger partial charge in [-0.2, -0.15) is 0 Å². The summed E-state index contributed by atoms with van der Waals surface area (Å²) in [5.74, 6) is 0.961. The summed E-state index contributed by atoms with van der Waals surface area (Å²) < 4.78 is 5.25. The molecule has 0 aliphatic heterocycles. The van der Waals surface area contributed by atoms with Crippen LogP contribution in [0.15, 0.2) is 36.4 Å². The number of methoxy groups -OCH3 is 1. The summed E-state index contributed by atoms with van der Waals surface area (Å²) in [4.78, 5) is 14.4. The van der Waals surface area contributed by atoms with Crippen LogP contribution in [0.2, 0.25) is 0 Å². The van der Waals surface area contributed by atoms with Crippen LogP contribution in [-0.4, -0.2) is 25.1 Å². The van der Waals surface area contributed by atoms with Crippen molar-refractivity contribution in [3.05, 3.63) is 58.7 Å². The molecule has 27 heavy (non-hydrogen) atoms. The van der Waals surface area contributed by atoms with E-state index in [1.54, 1.807) is 7.11 Å². The quantitative estimate of drug-likeness (QED) is 0.789. The van der Waals surface area contributed by atoms with Gasteiger partial charge in [-0.3, -0.25) is 4.79 Å². The van der Waals surface area contributed by atoms with Gasteiger partial charge in [-0.1, -0.05) is 17.7 Å². The number of amides is 1. The van der Waals surface area contributed by atoms with Crippen molar-refractivity contribution in [1.29, 1.82) is 0 Å². The van der Waals surface area contributed by atoms with Crippen molar-refractivity contribution in [3.8, 4) is 5.75 Å². The molecule has 0 bridgehead atoms. The second-order valence-corrected chi connectivity index (χ2v) is 7.86. The van der Waals surface area contributed by atoms with E-state index in [-0.39, 0.29) is 11.9 Å². The number of rotatable bonds is 7. The molecule has 2 aromatic rings. The molecule has 0 radical (unpaired) electrons. The second-order valence-electron chi connectivity index (χ2n) is 7.86. The number of anilines is 1. The first-order chi connectivity index (χ1) is 12.9. The molecule has 1 aliphatic carbocycles. The van der Waals surface area contributed by atoms with Gasteiger partial charge in [0.1, 0.15) is 12.3 Å². The minimum absolute atomic E-state index is 0.0975. The lowest BCUT2D eigenvalue weighted by Gasteiger charge is -2.26. The first-order valence-corrected chi connectivity index (χ1v) is 9.76. The van der Waals surface area contributed by atoms with E-state index in [4.69, 9.17) is 4.74 Å². The molecular weight excluding hydrogens is 336 g/mol. The smallest absolute Gasteiger partial charge is 0.282 e. The highest BCUT2D eigenvalue weighted by molar-refractivity contribution is 5.95. The zero-order valence-electron chi connectivity index (χ0n) is 17.1. The highest BCUT2D eigenvalue weighted by Crippen LogP contribution is 2.22. The Bertz CT molecular complexity index is 787. The van der Waals surface area contributed by atoms with E-state index in [1.165, 1.54) is 28.9 Å². The second kappa shape index (κ2) is 8.13. The maximum Gasteiger partial charge on any atom is 0.282 e. The highest BCUT2D eigenvalue weighted by atomic mass is 16.5. The van der Waals surface area contributed by atoms with Gasteiger partial charge >= 0.3 is 0 Å². The molecule has 4 heteroatoms. The predicted molar refractivity (Wildman–Crippen MR) is 109 cm³/mol. The average molecular weight is 368 g/mol. The van der Waals surface area contributed by atoms with Crippen molar-refractivity contribution in [2.24, 2.45) is 0 Å². The van der Waals surface area contributed by atoms with Gasteiger partial charge in [0.25, 0.3) is 5.91 Å². The highest BCUT2D eigenvalue weighted by Gasteiger charge is 2.39. The zero-order valence-corrected chi connectivity index (χ0v) is 17.1. The van der Waals surface area contributed by atoms with Gasteiger partial charge in [-0.05, 0) is 63.1 Å². The lowest BCUT2D eigenvalue weighted by molar-refractivity contribution is -0.938. The number of nitrogens with one attached hydrogen (secondary N) is 2. The Kier molecular flexibility index (Phi) is 5.85. The van der Waals surface area contributed by atoms with E-state index in [0.717, 1.165) is 29.1 Å². The maximum atomic E-state index is 13.0. The molecule has 1 aliphatic rings. The molecule has 4 nitrogen and oxygen atoms in total. The van der Waals surface area contributed by atoms with E-state index >= 15 is 0 Å². The van der Waals surface area contributed by atoms with Crippen molar-refractivity contribution in [3.63, 3.8) is 0 Å². The fraction of sp³-hybridized carbons (Fsp3) is 0.435. The molecule has 0 spiro atoms. The SMILES string of the molecule is COc1ccc(C[NH+](C2CC2)[C@@H](C)C(=O)Nc2c(C)cc(C)cc2C)cc1. The van der Waals surface area contributed by atoms with Crippen LogP contribution in [0, 0.1) is 20.8 Å². The fourth-order valence-corrected chi connectivity index (χ4v) is 3.86. The van der Waals surface area contributed by atoms with E-state index in [1.807, 2.05) is 19.1 Å². The number of carbonyl (C=O) groups is 1. The normalized spacial score (nSPS) is 15.9. The van der Waals surface area contributed by atoms with Crippen LogP contribution >= 0.6 is 0 Å². The molecular formula is C23H31N2O2+. The van der Waals surface area contributed by atoms with E-state index in [9.17, 15) is 4.79 Å². The molecule has 1 saturated carbocycles. The van der Waals surface area contributed by atoms with Gasteiger partial charge in [0.05, 0.1) is 13.2 Å². The summed E-state index contributed by atoms with van der Waals surface area (Å²) in [5.41, 5.74) is 5.66. The lowest BCUT2D eigenvalue weighted by Crippen LogP contribution is -3.16. The summed E-state index contributed by atoms with van der Waals surface area (Å²) in [7, 11) is 1.68. The third kappa shape index (κ3) is 4.69. The molecule has 1 fully saturated rings. The van der Waals surface area contributed by atoms with Crippen LogP contribution in [0.4, 0.5) is 5.69 Å². The first-order valence-electron chi connectivity index (χ1n) is 9.76. The van der Waals surface area contributed by atoms with Crippen molar-refractivity contribution >= 4 is 11.6 Å². The van der Waals surface area contributed by atoms with Gasteiger partial charge in [0, 0.05) is 24.1 Å². The molecule has 2 atom stereocenters. The van der Waals surface area contributed by atoms with Crippen LogP contribution in [0.5, 0.6) is 5.75 Å². The third-order valence-corrected chi connectivity index (χ3v) is 5.54. The topological polar surface area (TPSA) is 42.8 Å². The molecule has 0 heterocycles. The Labute approximate surface area is 162 Å². The summed E-state index contributed by atoms with van der Waals surface area (Å²) in [6.07, 6.45) is 2.40. The molecule has 1 amide bonds. The van der Waals surface area contributed by atoms with Crippen LogP contribution in [0.3, 0.4) is 0 Å². The Balaban J connectivity index is 1.72. The number of carbonyl (C=O) groups excluding carboxylic acids is 1. The van der Waals surface area contributed by atoms with E-state index < -0.39 is 0 Å². The predicted octanol–water partition coefficient (Wildman–Crippen LogP) is 3.19. The minimum atomic E-state index is -0.0975. The van der Waals surface area contributed by atoms with Crippen molar-refractivity contribution < 1.29 is 14.4 Å². The number of aryl methyl sites for hydroxylation is 3. The number of benzene rings is 2. The van der Waals surface area contributed by atoms with Gasteiger partial charge in [-0.15, -0.1) is 0 Å². The van der Waals surface area contributed by atoms with Crippen LogP contribution in [0.25, 0.3) is 0 Å². The van der Waals surface area contributed by atoms with Gasteiger partial charge in [0.2, 0.25) is 0 Å². The third-order valence-electron chi connectivity index (χ3n) is 5.54. The van der Waals surface area contributed by atoms with Crippen LogP contribution in [0.1, 0.15) is 42.0 Å².